The van der Waals surface area contributed by atoms with Crippen molar-refractivity contribution in [2.24, 2.45) is 0 Å². The number of nitrogens with one attached hydrogen (secondary N) is 1. The molecule has 1 aromatic rings. The van der Waals surface area contributed by atoms with Crippen molar-refractivity contribution in [3.63, 3.8) is 0 Å². The number of benzene rings is 1. The molecule has 0 saturated carbocycles. The lowest BCUT2D eigenvalue weighted by Gasteiger charge is -2.10. The molecule has 0 aliphatic heterocycles. The number of rotatable bonds is 2. The van der Waals surface area contributed by atoms with Crippen molar-refractivity contribution in [1.29, 1.82) is 0 Å². The second-order valence-electron chi connectivity index (χ2n) is 3.05. The highest BCUT2D eigenvalue weighted by Gasteiger charge is 2.10. The average molecular weight is 189 g/mol. The Balaban J connectivity index is 3.05. The zero-order valence-corrected chi connectivity index (χ0v) is 7.37. The van der Waals surface area contributed by atoms with Gasteiger partial charge < -0.3 is 5.32 Å². The van der Waals surface area contributed by atoms with E-state index in [1.807, 2.05) is 0 Å². The molecule has 1 aromatic carbocycles. The normalized spacial score (nSPS) is 10.6. The molecule has 0 atom stereocenters. The van der Waals surface area contributed by atoms with Crippen LogP contribution >= 0.6 is 0 Å². The Morgan fingerprint density at radius 1 is 1.15 bits per heavy atom. The standard InChI is InChI=1S/C9H10F3N/c1-5(2)13-8-4-6(10)3-7(11)9(8)12/h3-5,13H,1-2H3. The van der Waals surface area contributed by atoms with E-state index in [4.69, 9.17) is 0 Å². The summed E-state index contributed by atoms with van der Waals surface area (Å²) in [5.74, 6) is -3.01. The molecule has 0 heterocycles. The molecule has 0 saturated heterocycles. The van der Waals surface area contributed by atoms with Gasteiger partial charge in [0.25, 0.3) is 0 Å². The number of hydrogen-bond acceptors (Lipinski definition) is 1. The Bertz CT molecular complexity index is 310. The SMILES string of the molecule is CC(C)Nc1cc(F)cc(F)c1F. The molecule has 1 nitrogen and oxygen atoms in total. The van der Waals surface area contributed by atoms with E-state index in [2.05, 4.69) is 5.32 Å². The van der Waals surface area contributed by atoms with Gasteiger partial charge in [-0.1, -0.05) is 0 Å². The minimum atomic E-state index is -1.18. The quantitative estimate of drug-likeness (QED) is 0.705. The van der Waals surface area contributed by atoms with Crippen LogP contribution in [0.3, 0.4) is 0 Å². The molecule has 0 bridgehead atoms. The Hall–Kier alpha value is -1.19. The van der Waals surface area contributed by atoms with Gasteiger partial charge >= 0.3 is 0 Å². The minimum absolute atomic E-state index is 0.0734. The van der Waals surface area contributed by atoms with Gasteiger partial charge in [-0.3, -0.25) is 0 Å². The van der Waals surface area contributed by atoms with E-state index in [1.54, 1.807) is 13.8 Å². The Morgan fingerprint density at radius 3 is 2.31 bits per heavy atom. The number of hydrogen-bond donors (Lipinski definition) is 1. The molecule has 0 spiro atoms. The lowest BCUT2D eigenvalue weighted by molar-refractivity contribution is 0.496. The van der Waals surface area contributed by atoms with Crippen molar-refractivity contribution < 1.29 is 13.2 Å². The molecule has 0 fully saturated rings. The van der Waals surface area contributed by atoms with Crippen LogP contribution in [0.5, 0.6) is 0 Å². The van der Waals surface area contributed by atoms with Gasteiger partial charge in [0, 0.05) is 18.2 Å². The van der Waals surface area contributed by atoms with E-state index in [1.165, 1.54) is 0 Å². The molecule has 1 rings (SSSR count). The van der Waals surface area contributed by atoms with Gasteiger partial charge in [-0.15, -0.1) is 0 Å². The first-order valence-electron chi connectivity index (χ1n) is 3.92. The van der Waals surface area contributed by atoms with Gasteiger partial charge in [0.1, 0.15) is 5.82 Å². The maximum absolute atomic E-state index is 12.9. The maximum atomic E-state index is 12.9. The van der Waals surface area contributed by atoms with E-state index < -0.39 is 17.5 Å². The molecule has 0 radical (unpaired) electrons. The molecular weight excluding hydrogens is 179 g/mol. The molecule has 13 heavy (non-hydrogen) atoms. The first kappa shape index (κ1) is 9.89. The number of anilines is 1. The maximum Gasteiger partial charge on any atom is 0.182 e. The van der Waals surface area contributed by atoms with E-state index >= 15 is 0 Å². The summed E-state index contributed by atoms with van der Waals surface area (Å²) in [6.45, 7) is 3.50. The van der Waals surface area contributed by atoms with Crippen molar-refractivity contribution >= 4 is 5.69 Å². The van der Waals surface area contributed by atoms with Gasteiger partial charge in [0.15, 0.2) is 11.6 Å². The highest BCUT2D eigenvalue weighted by molar-refractivity contribution is 5.46. The fraction of sp³-hybridized carbons (Fsp3) is 0.333. The summed E-state index contributed by atoms with van der Waals surface area (Å²) in [5, 5.41) is 2.60. The number of halogens is 3. The molecular formula is C9H10F3N. The third kappa shape index (κ3) is 2.37. The Labute approximate surface area is 74.6 Å². The van der Waals surface area contributed by atoms with Gasteiger partial charge in [-0.2, -0.15) is 0 Å². The average Bonchev–Trinajstić information content (AvgIpc) is 1.98. The first-order valence-corrected chi connectivity index (χ1v) is 3.92. The lowest BCUT2D eigenvalue weighted by Crippen LogP contribution is -2.12. The van der Waals surface area contributed by atoms with Crippen LogP contribution in [0.4, 0.5) is 18.9 Å². The van der Waals surface area contributed by atoms with Crippen LogP contribution in [0.2, 0.25) is 0 Å². The zero-order chi connectivity index (χ0) is 10.0. The van der Waals surface area contributed by atoms with Crippen molar-refractivity contribution in [1.82, 2.24) is 0 Å². The summed E-state index contributed by atoms with van der Waals surface area (Å²) in [5.41, 5.74) is -0.146. The summed E-state index contributed by atoms with van der Waals surface area (Å²) in [4.78, 5) is 0. The van der Waals surface area contributed by atoms with E-state index in [-0.39, 0.29) is 11.7 Å². The summed E-state index contributed by atoms with van der Waals surface area (Å²) < 4.78 is 38.2. The molecule has 4 heteroatoms. The van der Waals surface area contributed by atoms with Crippen LogP contribution in [-0.2, 0) is 0 Å². The second kappa shape index (κ2) is 3.68. The first-order chi connectivity index (χ1) is 6.00. The van der Waals surface area contributed by atoms with Crippen molar-refractivity contribution in [3.05, 3.63) is 29.6 Å². The second-order valence-corrected chi connectivity index (χ2v) is 3.05. The monoisotopic (exact) mass is 189 g/mol. The van der Waals surface area contributed by atoms with Gasteiger partial charge in [-0.25, -0.2) is 13.2 Å². The summed E-state index contributed by atoms with van der Waals surface area (Å²) in [6, 6.07) is 1.37. The zero-order valence-electron chi connectivity index (χ0n) is 7.37. The van der Waals surface area contributed by atoms with Crippen LogP contribution in [0.15, 0.2) is 12.1 Å². The summed E-state index contributed by atoms with van der Waals surface area (Å²) >= 11 is 0. The van der Waals surface area contributed by atoms with E-state index in [9.17, 15) is 13.2 Å². The van der Waals surface area contributed by atoms with Crippen LogP contribution in [0.25, 0.3) is 0 Å². The molecule has 72 valence electrons. The topological polar surface area (TPSA) is 12.0 Å². The van der Waals surface area contributed by atoms with Gasteiger partial charge in [-0.05, 0) is 13.8 Å². The smallest absolute Gasteiger partial charge is 0.182 e. The predicted molar refractivity (Wildman–Crippen MR) is 45.1 cm³/mol. The molecule has 0 amide bonds. The largest absolute Gasteiger partial charge is 0.380 e. The van der Waals surface area contributed by atoms with Gasteiger partial charge in [0.05, 0.1) is 5.69 Å². The highest BCUT2D eigenvalue weighted by Crippen LogP contribution is 2.19. The molecule has 0 aromatic heterocycles. The van der Waals surface area contributed by atoms with Crippen molar-refractivity contribution in [2.45, 2.75) is 19.9 Å². The van der Waals surface area contributed by atoms with Crippen LogP contribution in [-0.4, -0.2) is 6.04 Å². The third-order valence-corrected chi connectivity index (χ3v) is 1.44. The Kier molecular flexibility index (Phi) is 2.80. The fourth-order valence-corrected chi connectivity index (χ4v) is 0.972. The summed E-state index contributed by atoms with van der Waals surface area (Å²) in [6.07, 6.45) is 0. The van der Waals surface area contributed by atoms with Crippen LogP contribution in [0, 0.1) is 17.5 Å². The molecule has 0 aliphatic carbocycles. The van der Waals surface area contributed by atoms with Crippen molar-refractivity contribution in [2.75, 3.05) is 5.32 Å². The van der Waals surface area contributed by atoms with Crippen molar-refractivity contribution in [3.8, 4) is 0 Å². The van der Waals surface area contributed by atoms with Crippen LogP contribution in [0.1, 0.15) is 13.8 Å². The fourth-order valence-electron chi connectivity index (χ4n) is 0.972. The summed E-state index contributed by atoms with van der Waals surface area (Å²) in [7, 11) is 0. The highest BCUT2D eigenvalue weighted by atomic mass is 19.2. The lowest BCUT2D eigenvalue weighted by atomic mass is 10.2. The minimum Gasteiger partial charge on any atom is -0.380 e. The molecule has 1 N–H and O–H groups in total. The van der Waals surface area contributed by atoms with Gasteiger partial charge in [0.2, 0.25) is 0 Å². The van der Waals surface area contributed by atoms with Crippen LogP contribution < -0.4 is 5.32 Å². The predicted octanol–water partition coefficient (Wildman–Crippen LogP) is 2.92. The van der Waals surface area contributed by atoms with E-state index in [0.717, 1.165) is 6.07 Å². The molecule has 0 aliphatic rings. The third-order valence-electron chi connectivity index (χ3n) is 1.44. The van der Waals surface area contributed by atoms with E-state index in [0.29, 0.717) is 6.07 Å². The Morgan fingerprint density at radius 2 is 1.77 bits per heavy atom. The molecule has 0 unspecified atom stereocenters.